The second-order valence-electron chi connectivity index (χ2n) is 5.21. The van der Waals surface area contributed by atoms with E-state index in [0.29, 0.717) is 0 Å². The van der Waals surface area contributed by atoms with E-state index in [2.05, 4.69) is 37.0 Å². The van der Waals surface area contributed by atoms with E-state index in [0.717, 1.165) is 18.3 Å². The molecule has 1 fully saturated rings. The molecule has 0 saturated heterocycles. The Balaban J connectivity index is 2.04. The molecule has 0 radical (unpaired) electrons. The van der Waals surface area contributed by atoms with Gasteiger partial charge in [0, 0.05) is 0 Å². The van der Waals surface area contributed by atoms with Crippen LogP contribution < -0.4 is 0 Å². The Morgan fingerprint density at radius 1 is 1.22 bits per heavy atom. The molecule has 0 aromatic heterocycles. The van der Waals surface area contributed by atoms with Crippen molar-refractivity contribution >= 4 is 0 Å². The van der Waals surface area contributed by atoms with Crippen LogP contribution in [0.5, 0.6) is 0 Å². The van der Waals surface area contributed by atoms with Gasteiger partial charge in [0.05, 0.1) is 0 Å². The van der Waals surface area contributed by atoms with Gasteiger partial charge in [-0.05, 0) is 50.5 Å². The Hall–Kier alpha value is -1.00. The smallest absolute Gasteiger partial charge is 0.112 e. The normalized spacial score (nSPS) is 24.2. The molecule has 0 aromatic rings. The second-order valence-corrected chi connectivity index (χ2v) is 5.21. The summed E-state index contributed by atoms with van der Waals surface area (Å²) >= 11 is 0. The second kappa shape index (κ2) is 9.00. The first kappa shape index (κ1) is 15.1. The van der Waals surface area contributed by atoms with Crippen LogP contribution in [-0.2, 0) is 0 Å². The van der Waals surface area contributed by atoms with Crippen molar-refractivity contribution in [2.24, 2.45) is 11.8 Å². The number of unbranched alkanes of at least 4 members (excludes halogenated alkanes) is 2. The van der Waals surface area contributed by atoms with E-state index in [1.807, 2.05) is 6.08 Å². The van der Waals surface area contributed by atoms with Crippen LogP contribution in [0.3, 0.4) is 0 Å². The largest absolute Gasteiger partial charge is 0.381 e. The maximum absolute atomic E-state index is 8.96. The van der Waals surface area contributed by atoms with Gasteiger partial charge in [0.2, 0.25) is 0 Å². The van der Waals surface area contributed by atoms with Crippen LogP contribution in [-0.4, -0.2) is 11.2 Å². The minimum Gasteiger partial charge on any atom is -0.381 e. The van der Waals surface area contributed by atoms with Gasteiger partial charge in [-0.25, -0.2) is 0 Å². The van der Waals surface area contributed by atoms with Crippen molar-refractivity contribution in [3.8, 4) is 11.8 Å². The topological polar surface area (TPSA) is 20.2 Å². The Morgan fingerprint density at radius 2 is 1.94 bits per heavy atom. The molecule has 1 aliphatic rings. The average molecular weight is 246 g/mol. The van der Waals surface area contributed by atoms with Crippen molar-refractivity contribution in [3.05, 3.63) is 24.3 Å². The maximum atomic E-state index is 8.96. The van der Waals surface area contributed by atoms with Gasteiger partial charge in [0.1, 0.15) is 6.10 Å². The first-order valence-corrected chi connectivity index (χ1v) is 7.23. The molecule has 0 unspecified atom stereocenters. The number of hydrogen-bond acceptors (Lipinski definition) is 1. The quantitative estimate of drug-likeness (QED) is 0.407. The van der Waals surface area contributed by atoms with Crippen molar-refractivity contribution < 1.29 is 5.11 Å². The predicted octanol–water partition coefficient (Wildman–Crippen LogP) is 4.09. The SMILES string of the molecule is CCCC/C=C\C[C@@H]1C[C@@H]1C/C=C\C#C[C@H](C)O. The Bertz CT molecular complexity index is 327. The van der Waals surface area contributed by atoms with Gasteiger partial charge >= 0.3 is 0 Å². The summed E-state index contributed by atoms with van der Waals surface area (Å²) in [6.07, 6.45) is 15.8. The van der Waals surface area contributed by atoms with Gasteiger partial charge < -0.3 is 5.11 Å². The van der Waals surface area contributed by atoms with Crippen molar-refractivity contribution in [1.82, 2.24) is 0 Å². The zero-order valence-electron chi connectivity index (χ0n) is 11.7. The molecule has 1 N–H and O–H groups in total. The molecule has 0 bridgehead atoms. The van der Waals surface area contributed by atoms with Gasteiger partial charge in [-0.15, -0.1) is 0 Å². The first-order chi connectivity index (χ1) is 8.74. The monoisotopic (exact) mass is 246 g/mol. The fourth-order valence-corrected chi connectivity index (χ4v) is 2.07. The minimum atomic E-state index is -0.517. The number of aliphatic hydroxyl groups is 1. The third kappa shape index (κ3) is 7.35. The van der Waals surface area contributed by atoms with Gasteiger partial charge in [-0.1, -0.05) is 49.8 Å². The molecule has 18 heavy (non-hydrogen) atoms. The fraction of sp³-hybridized carbons (Fsp3) is 0.647. The zero-order chi connectivity index (χ0) is 13.2. The van der Waals surface area contributed by atoms with Gasteiger partial charge in [0.15, 0.2) is 0 Å². The Labute approximate surface area is 112 Å². The van der Waals surface area contributed by atoms with E-state index >= 15 is 0 Å². The third-order valence-corrected chi connectivity index (χ3v) is 3.33. The van der Waals surface area contributed by atoms with Crippen LogP contribution in [0, 0.1) is 23.7 Å². The number of allylic oxidation sites excluding steroid dienone is 4. The first-order valence-electron chi connectivity index (χ1n) is 7.23. The van der Waals surface area contributed by atoms with Crippen molar-refractivity contribution in [2.45, 2.75) is 58.5 Å². The summed E-state index contributed by atoms with van der Waals surface area (Å²) in [5, 5.41) is 8.96. The molecule has 0 amide bonds. The number of hydrogen-bond donors (Lipinski definition) is 1. The predicted molar refractivity (Wildman–Crippen MR) is 78.1 cm³/mol. The third-order valence-electron chi connectivity index (χ3n) is 3.33. The summed E-state index contributed by atoms with van der Waals surface area (Å²) in [7, 11) is 0. The van der Waals surface area contributed by atoms with E-state index < -0.39 is 6.10 Å². The highest BCUT2D eigenvalue weighted by molar-refractivity contribution is 5.17. The van der Waals surface area contributed by atoms with E-state index in [1.165, 1.54) is 32.1 Å². The number of aliphatic hydroxyl groups excluding tert-OH is 1. The molecular formula is C17H26O. The molecule has 3 atom stereocenters. The lowest BCUT2D eigenvalue weighted by atomic mass is 10.1. The molecule has 1 nitrogen and oxygen atoms in total. The van der Waals surface area contributed by atoms with E-state index in [4.69, 9.17) is 5.11 Å². The summed E-state index contributed by atoms with van der Waals surface area (Å²) in [6.45, 7) is 3.92. The van der Waals surface area contributed by atoms with Gasteiger partial charge in [-0.2, -0.15) is 0 Å². The van der Waals surface area contributed by atoms with Crippen molar-refractivity contribution in [2.75, 3.05) is 0 Å². The molecule has 100 valence electrons. The van der Waals surface area contributed by atoms with Crippen LogP contribution in [0.4, 0.5) is 0 Å². The summed E-state index contributed by atoms with van der Waals surface area (Å²) in [4.78, 5) is 0. The molecular weight excluding hydrogens is 220 g/mol. The fourth-order valence-electron chi connectivity index (χ4n) is 2.07. The highest BCUT2D eigenvalue weighted by Gasteiger charge is 2.34. The molecule has 1 rings (SSSR count). The van der Waals surface area contributed by atoms with Crippen molar-refractivity contribution in [1.29, 1.82) is 0 Å². The Morgan fingerprint density at radius 3 is 2.61 bits per heavy atom. The summed E-state index contributed by atoms with van der Waals surface area (Å²) in [5.74, 6) is 7.33. The molecule has 1 saturated carbocycles. The van der Waals surface area contributed by atoms with Crippen LogP contribution in [0.1, 0.15) is 52.4 Å². The van der Waals surface area contributed by atoms with Crippen LogP contribution in [0.25, 0.3) is 0 Å². The van der Waals surface area contributed by atoms with Crippen molar-refractivity contribution in [3.63, 3.8) is 0 Å². The summed E-state index contributed by atoms with van der Waals surface area (Å²) in [5.41, 5.74) is 0. The summed E-state index contributed by atoms with van der Waals surface area (Å²) in [6, 6.07) is 0. The molecule has 1 heteroatoms. The van der Waals surface area contributed by atoms with Crippen LogP contribution in [0.2, 0.25) is 0 Å². The minimum absolute atomic E-state index is 0.517. The summed E-state index contributed by atoms with van der Waals surface area (Å²) < 4.78 is 0. The standard InChI is InChI=1S/C17H26O/c1-3-4-5-6-9-12-16-14-17(16)13-10-7-8-11-15(2)18/h6-7,9-10,15-18H,3-5,12-14H2,1-2H3/b9-6-,10-7-/t15-,16+,17-/m0/s1. The van der Waals surface area contributed by atoms with Gasteiger partial charge in [-0.3, -0.25) is 0 Å². The van der Waals surface area contributed by atoms with E-state index in [-0.39, 0.29) is 0 Å². The lowest BCUT2D eigenvalue weighted by molar-refractivity contribution is 0.253. The van der Waals surface area contributed by atoms with Gasteiger partial charge in [0.25, 0.3) is 0 Å². The molecule has 0 aromatic carbocycles. The maximum Gasteiger partial charge on any atom is 0.112 e. The lowest BCUT2D eigenvalue weighted by Gasteiger charge is -1.92. The van der Waals surface area contributed by atoms with Crippen LogP contribution in [0.15, 0.2) is 24.3 Å². The molecule has 0 heterocycles. The Kier molecular flexibility index (Phi) is 7.53. The highest BCUT2D eigenvalue weighted by atomic mass is 16.3. The van der Waals surface area contributed by atoms with E-state index in [1.54, 1.807) is 6.92 Å². The van der Waals surface area contributed by atoms with Crippen LogP contribution >= 0.6 is 0 Å². The molecule has 1 aliphatic carbocycles. The molecule has 0 spiro atoms. The zero-order valence-corrected chi connectivity index (χ0v) is 11.7. The molecule has 0 aliphatic heterocycles. The highest BCUT2D eigenvalue weighted by Crippen LogP contribution is 2.44. The average Bonchev–Trinajstić information content (AvgIpc) is 3.07. The van der Waals surface area contributed by atoms with E-state index in [9.17, 15) is 0 Å². The lowest BCUT2D eigenvalue weighted by Crippen LogP contribution is -1.91. The number of rotatable bonds is 7.